The Bertz CT molecular complexity index is 407. The smallest absolute Gasteiger partial charge is 0.147 e. The van der Waals surface area contributed by atoms with Crippen molar-refractivity contribution in [2.75, 3.05) is 18.5 Å². The number of aromatic nitrogens is 2. The van der Waals surface area contributed by atoms with Crippen molar-refractivity contribution < 1.29 is 0 Å². The fraction of sp³-hybridized carbons (Fsp3) is 0.750. The summed E-state index contributed by atoms with van der Waals surface area (Å²) in [4.78, 5) is 11.4. The van der Waals surface area contributed by atoms with Crippen LogP contribution in [-0.2, 0) is 6.54 Å². The molecule has 4 heteroatoms. The van der Waals surface area contributed by atoms with Crippen molar-refractivity contribution >= 4 is 5.82 Å². The Morgan fingerprint density at radius 2 is 2.10 bits per heavy atom. The molecule has 112 valence electrons. The van der Waals surface area contributed by atoms with Crippen LogP contribution < -0.4 is 10.2 Å². The van der Waals surface area contributed by atoms with Crippen LogP contribution in [0.15, 0.2) is 12.4 Å². The highest BCUT2D eigenvalue weighted by molar-refractivity contribution is 5.37. The Kier molecular flexibility index (Phi) is 5.77. The van der Waals surface area contributed by atoms with Gasteiger partial charge in [-0.05, 0) is 31.7 Å². The first kappa shape index (κ1) is 15.2. The van der Waals surface area contributed by atoms with Crippen LogP contribution in [0.2, 0.25) is 0 Å². The summed E-state index contributed by atoms with van der Waals surface area (Å²) in [5.41, 5.74) is 1.03. The average molecular weight is 276 g/mol. The van der Waals surface area contributed by atoms with Gasteiger partial charge in [0, 0.05) is 25.8 Å². The van der Waals surface area contributed by atoms with Crippen LogP contribution in [0, 0.1) is 5.92 Å². The Morgan fingerprint density at radius 1 is 1.30 bits per heavy atom. The highest BCUT2D eigenvalue weighted by atomic mass is 15.2. The van der Waals surface area contributed by atoms with Gasteiger partial charge in [0.15, 0.2) is 0 Å². The monoisotopic (exact) mass is 276 g/mol. The van der Waals surface area contributed by atoms with Gasteiger partial charge in [-0.25, -0.2) is 4.98 Å². The Morgan fingerprint density at radius 3 is 2.85 bits per heavy atom. The number of hydrogen-bond donors (Lipinski definition) is 1. The average Bonchev–Trinajstić information content (AvgIpc) is 2.48. The van der Waals surface area contributed by atoms with Gasteiger partial charge in [-0.3, -0.25) is 4.98 Å². The molecular formula is C16H28N4. The molecule has 0 bridgehead atoms. The van der Waals surface area contributed by atoms with E-state index in [9.17, 15) is 0 Å². The molecule has 0 amide bonds. The number of hydrogen-bond acceptors (Lipinski definition) is 4. The normalized spacial score (nSPS) is 22.8. The van der Waals surface area contributed by atoms with E-state index in [2.05, 4.69) is 36.1 Å². The van der Waals surface area contributed by atoms with Gasteiger partial charge in [-0.2, -0.15) is 0 Å². The van der Waals surface area contributed by atoms with Crippen molar-refractivity contribution in [3.05, 3.63) is 18.1 Å². The molecule has 1 saturated carbocycles. The first-order valence-corrected chi connectivity index (χ1v) is 7.96. The van der Waals surface area contributed by atoms with Gasteiger partial charge in [0.05, 0.1) is 11.9 Å². The molecule has 0 aromatic carbocycles. The maximum atomic E-state index is 4.76. The van der Waals surface area contributed by atoms with Crippen LogP contribution in [0.1, 0.15) is 51.6 Å². The largest absolute Gasteiger partial charge is 0.355 e. The topological polar surface area (TPSA) is 41.1 Å². The molecule has 1 fully saturated rings. The number of rotatable bonds is 6. The van der Waals surface area contributed by atoms with E-state index in [4.69, 9.17) is 4.98 Å². The second kappa shape index (κ2) is 7.58. The third-order valence-electron chi connectivity index (χ3n) is 4.33. The molecule has 2 rings (SSSR count). The minimum Gasteiger partial charge on any atom is -0.355 e. The first-order chi connectivity index (χ1) is 9.72. The zero-order chi connectivity index (χ0) is 14.4. The number of nitrogens with one attached hydrogen (secondary N) is 1. The number of anilines is 1. The molecule has 0 saturated heterocycles. The van der Waals surface area contributed by atoms with E-state index < -0.39 is 0 Å². The van der Waals surface area contributed by atoms with Crippen molar-refractivity contribution in [3.8, 4) is 0 Å². The minimum absolute atomic E-state index is 0.608. The summed E-state index contributed by atoms with van der Waals surface area (Å²) in [6.07, 6.45) is 10.2. The summed E-state index contributed by atoms with van der Waals surface area (Å²) in [6.45, 7) is 6.37. The van der Waals surface area contributed by atoms with E-state index in [1.54, 1.807) is 0 Å². The van der Waals surface area contributed by atoms with Crippen molar-refractivity contribution in [1.29, 1.82) is 0 Å². The lowest BCUT2D eigenvalue weighted by Crippen LogP contribution is -2.39. The van der Waals surface area contributed by atoms with Crippen LogP contribution in [0.25, 0.3) is 0 Å². The molecule has 1 aliphatic carbocycles. The van der Waals surface area contributed by atoms with Crippen molar-refractivity contribution in [1.82, 2.24) is 15.3 Å². The Balaban J connectivity index is 2.01. The standard InChI is InChI=1S/C16H28N4/c1-4-9-17-10-14-11-18-12-16(19-14)20(3)15-8-6-5-7-13(15)2/h11-13,15,17H,4-10H2,1-3H3. The molecule has 2 unspecified atom stereocenters. The van der Waals surface area contributed by atoms with Gasteiger partial charge >= 0.3 is 0 Å². The molecule has 4 nitrogen and oxygen atoms in total. The summed E-state index contributed by atoms with van der Waals surface area (Å²) < 4.78 is 0. The van der Waals surface area contributed by atoms with Crippen LogP contribution >= 0.6 is 0 Å². The number of nitrogens with zero attached hydrogens (tertiary/aromatic N) is 3. The lowest BCUT2D eigenvalue weighted by atomic mass is 9.85. The summed E-state index contributed by atoms with van der Waals surface area (Å²) in [7, 11) is 2.17. The van der Waals surface area contributed by atoms with Crippen molar-refractivity contribution in [2.45, 2.75) is 58.5 Å². The van der Waals surface area contributed by atoms with E-state index in [0.29, 0.717) is 6.04 Å². The highest BCUT2D eigenvalue weighted by Crippen LogP contribution is 2.29. The molecule has 0 spiro atoms. The van der Waals surface area contributed by atoms with Gasteiger partial charge in [0.25, 0.3) is 0 Å². The molecule has 1 aromatic rings. The van der Waals surface area contributed by atoms with Gasteiger partial charge < -0.3 is 10.2 Å². The zero-order valence-electron chi connectivity index (χ0n) is 13.1. The summed E-state index contributed by atoms with van der Waals surface area (Å²) in [6, 6.07) is 0.608. The second-order valence-electron chi connectivity index (χ2n) is 5.99. The Labute approximate surface area is 123 Å². The van der Waals surface area contributed by atoms with Gasteiger partial charge in [0.1, 0.15) is 5.82 Å². The van der Waals surface area contributed by atoms with Crippen LogP contribution in [-0.4, -0.2) is 29.6 Å². The predicted octanol–water partition coefficient (Wildman–Crippen LogP) is 2.99. The fourth-order valence-electron chi connectivity index (χ4n) is 3.09. The van der Waals surface area contributed by atoms with Gasteiger partial charge in [-0.1, -0.05) is 26.7 Å². The van der Waals surface area contributed by atoms with Gasteiger partial charge in [-0.15, -0.1) is 0 Å². The maximum absolute atomic E-state index is 4.76. The maximum Gasteiger partial charge on any atom is 0.147 e. The summed E-state index contributed by atoms with van der Waals surface area (Å²) in [5, 5.41) is 3.38. The quantitative estimate of drug-likeness (QED) is 0.811. The predicted molar refractivity (Wildman–Crippen MR) is 83.9 cm³/mol. The first-order valence-electron chi connectivity index (χ1n) is 7.96. The third-order valence-corrected chi connectivity index (χ3v) is 4.33. The van der Waals surface area contributed by atoms with Crippen molar-refractivity contribution in [2.24, 2.45) is 5.92 Å². The molecule has 2 atom stereocenters. The summed E-state index contributed by atoms with van der Waals surface area (Å²) >= 11 is 0. The van der Waals surface area contributed by atoms with Gasteiger partial charge in [0.2, 0.25) is 0 Å². The molecule has 1 N–H and O–H groups in total. The Hall–Kier alpha value is -1.16. The third kappa shape index (κ3) is 3.92. The van der Waals surface area contributed by atoms with Crippen LogP contribution in [0.4, 0.5) is 5.82 Å². The van der Waals surface area contributed by atoms with E-state index in [1.165, 1.54) is 25.7 Å². The molecule has 0 radical (unpaired) electrons. The van der Waals surface area contributed by atoms with Crippen LogP contribution in [0.5, 0.6) is 0 Å². The van der Waals surface area contributed by atoms with E-state index in [-0.39, 0.29) is 0 Å². The van der Waals surface area contributed by atoms with Crippen LogP contribution in [0.3, 0.4) is 0 Å². The van der Waals surface area contributed by atoms with E-state index >= 15 is 0 Å². The van der Waals surface area contributed by atoms with Crippen molar-refractivity contribution in [3.63, 3.8) is 0 Å². The highest BCUT2D eigenvalue weighted by Gasteiger charge is 2.25. The fourth-order valence-corrected chi connectivity index (χ4v) is 3.09. The molecule has 1 aliphatic rings. The summed E-state index contributed by atoms with van der Waals surface area (Å²) in [5.74, 6) is 1.76. The molecule has 1 aromatic heterocycles. The molecular weight excluding hydrogens is 248 g/mol. The second-order valence-corrected chi connectivity index (χ2v) is 5.99. The SMILES string of the molecule is CCCNCc1cncc(N(C)C2CCCCC2C)n1. The van der Waals surface area contributed by atoms with E-state index in [0.717, 1.165) is 36.9 Å². The lowest BCUT2D eigenvalue weighted by molar-refractivity contribution is 0.320. The lowest BCUT2D eigenvalue weighted by Gasteiger charge is -2.36. The molecule has 20 heavy (non-hydrogen) atoms. The molecule has 0 aliphatic heterocycles. The molecule has 1 heterocycles. The zero-order valence-corrected chi connectivity index (χ0v) is 13.1. The minimum atomic E-state index is 0.608. The van der Waals surface area contributed by atoms with E-state index in [1.807, 2.05) is 12.4 Å².